The van der Waals surface area contributed by atoms with Crippen molar-refractivity contribution in [1.82, 2.24) is 10.2 Å². The van der Waals surface area contributed by atoms with Crippen molar-refractivity contribution in [3.63, 3.8) is 0 Å². The number of alkyl halides is 3. The molecule has 3 aromatic rings. The average molecular weight is 569 g/mol. The normalized spacial score (nSPS) is 15.5. The summed E-state index contributed by atoms with van der Waals surface area (Å²) in [5.74, 6) is 2.55. The van der Waals surface area contributed by atoms with E-state index in [2.05, 4.69) is 10.4 Å². The van der Waals surface area contributed by atoms with Gasteiger partial charge in [-0.3, -0.25) is 9.35 Å². The van der Waals surface area contributed by atoms with E-state index in [4.69, 9.17) is 20.3 Å². The summed E-state index contributed by atoms with van der Waals surface area (Å²) < 4.78 is 62.2. The van der Waals surface area contributed by atoms with Crippen LogP contribution in [-0.2, 0) is 26.3 Å². The second kappa shape index (κ2) is 13.7. The van der Waals surface area contributed by atoms with Crippen molar-refractivity contribution in [1.29, 1.82) is 0 Å². The first kappa shape index (κ1) is 31.2. The first-order chi connectivity index (χ1) is 18.3. The number of halogens is 3. The number of rotatable bonds is 5. The summed E-state index contributed by atoms with van der Waals surface area (Å²) in [7, 11) is -2.27. The van der Waals surface area contributed by atoms with Gasteiger partial charge in [0.25, 0.3) is 10.1 Å². The molecule has 39 heavy (non-hydrogen) atoms. The van der Waals surface area contributed by atoms with Crippen LogP contribution in [0.15, 0.2) is 76.7 Å². The molecular weight excluding hydrogens is 541 g/mol. The summed E-state index contributed by atoms with van der Waals surface area (Å²) in [6.45, 7) is 1.45. The van der Waals surface area contributed by atoms with E-state index in [1.165, 1.54) is 12.1 Å². The van der Waals surface area contributed by atoms with Crippen LogP contribution in [0.25, 0.3) is 10.8 Å². The van der Waals surface area contributed by atoms with Crippen LogP contribution in [0.3, 0.4) is 0 Å². The van der Waals surface area contributed by atoms with Crippen molar-refractivity contribution in [2.24, 2.45) is 10.9 Å². The Morgan fingerprint density at radius 2 is 1.77 bits per heavy atom. The van der Waals surface area contributed by atoms with Crippen LogP contribution in [-0.4, -0.2) is 66.9 Å². The molecule has 4 rings (SSSR count). The standard InChI is InChI=1S/C13H18N4O.C10H8O3S.C2HF3O2/c1-15-12-5-6-17(13(12)18)9-11-4-2-3-10(7-11)8-16-14;11-14(12,13)10-6-5-8-3-1-2-4-9(8)7-10;3-2(4,5)1(6)7/h2-4,7-8,12,15H,5-6,9,14H2,1H3;1-7H,(H,11,12,13);(H,6,7)/t12-;;/m0../s1. The molecule has 3 aromatic carbocycles. The van der Waals surface area contributed by atoms with Gasteiger partial charge in [0, 0.05) is 13.1 Å². The first-order valence-electron chi connectivity index (χ1n) is 11.3. The average Bonchev–Trinajstić information content (AvgIpc) is 3.22. The molecule has 210 valence electrons. The second-order valence-electron chi connectivity index (χ2n) is 8.20. The number of carboxylic acids is 1. The molecule has 5 N–H and O–H groups in total. The minimum atomic E-state index is -5.08. The molecule has 10 nitrogen and oxygen atoms in total. The zero-order valence-electron chi connectivity index (χ0n) is 20.7. The highest BCUT2D eigenvalue weighted by atomic mass is 32.2. The van der Waals surface area contributed by atoms with Crippen molar-refractivity contribution >= 4 is 39.0 Å². The number of nitrogens with two attached hydrogens (primary N) is 1. The van der Waals surface area contributed by atoms with Gasteiger partial charge in [-0.1, -0.05) is 48.5 Å². The Balaban J connectivity index is 0.000000226. The number of likely N-dealkylation sites (tertiary alicyclic amines) is 1. The lowest BCUT2D eigenvalue weighted by atomic mass is 10.1. The summed E-state index contributed by atoms with van der Waals surface area (Å²) in [6.07, 6.45) is -2.61. The molecule has 14 heteroatoms. The molecule has 1 aliphatic rings. The zero-order valence-corrected chi connectivity index (χ0v) is 21.5. The number of benzene rings is 3. The highest BCUT2D eigenvalue weighted by Crippen LogP contribution is 2.18. The summed E-state index contributed by atoms with van der Waals surface area (Å²) in [5, 5.41) is 15.4. The Labute approximate surface area is 222 Å². The lowest BCUT2D eigenvalue weighted by Gasteiger charge is -2.16. The lowest BCUT2D eigenvalue weighted by Crippen LogP contribution is -2.35. The van der Waals surface area contributed by atoms with Gasteiger partial charge in [0.2, 0.25) is 5.91 Å². The number of aliphatic carboxylic acids is 1. The van der Waals surface area contributed by atoms with Crippen LogP contribution in [0.1, 0.15) is 17.5 Å². The molecule has 0 aliphatic carbocycles. The fourth-order valence-corrected chi connectivity index (χ4v) is 4.09. The summed E-state index contributed by atoms with van der Waals surface area (Å²) in [5.41, 5.74) is 2.05. The number of likely N-dealkylation sites (N-methyl/N-ethyl adjacent to an activating group) is 1. The maximum Gasteiger partial charge on any atom is 0.490 e. The van der Waals surface area contributed by atoms with E-state index in [-0.39, 0.29) is 16.8 Å². The van der Waals surface area contributed by atoms with Gasteiger partial charge in [-0.05, 0) is 53.6 Å². The number of amides is 1. The first-order valence-corrected chi connectivity index (χ1v) is 12.7. The number of nitrogens with one attached hydrogen (secondary N) is 1. The third-order valence-electron chi connectivity index (χ3n) is 5.46. The van der Waals surface area contributed by atoms with Gasteiger partial charge in [0.15, 0.2) is 0 Å². The van der Waals surface area contributed by atoms with E-state index >= 15 is 0 Å². The molecule has 1 saturated heterocycles. The Bertz CT molecular complexity index is 1430. The van der Waals surface area contributed by atoms with Gasteiger partial charge in [-0.25, -0.2) is 4.79 Å². The number of hydrazone groups is 1. The third kappa shape index (κ3) is 9.67. The third-order valence-corrected chi connectivity index (χ3v) is 6.30. The maximum absolute atomic E-state index is 12.0. The van der Waals surface area contributed by atoms with Crippen LogP contribution in [0.5, 0.6) is 0 Å². The van der Waals surface area contributed by atoms with Crippen molar-refractivity contribution in [3.05, 3.63) is 77.9 Å². The number of fused-ring (bicyclic) bond motifs is 1. The van der Waals surface area contributed by atoms with E-state index in [1.807, 2.05) is 54.4 Å². The van der Waals surface area contributed by atoms with Crippen LogP contribution < -0.4 is 11.2 Å². The lowest BCUT2D eigenvalue weighted by molar-refractivity contribution is -0.192. The predicted molar refractivity (Wildman–Crippen MR) is 139 cm³/mol. The van der Waals surface area contributed by atoms with Crippen LogP contribution in [0, 0.1) is 0 Å². The Hall–Kier alpha value is -4.01. The molecule has 1 aliphatic heterocycles. The highest BCUT2D eigenvalue weighted by molar-refractivity contribution is 7.85. The highest BCUT2D eigenvalue weighted by Gasteiger charge is 2.38. The molecule has 0 aromatic heterocycles. The number of hydrogen-bond donors (Lipinski definition) is 4. The molecule has 0 spiro atoms. The van der Waals surface area contributed by atoms with E-state index in [0.717, 1.165) is 34.9 Å². The SMILES string of the molecule is CN[C@H]1CCN(Cc2cccc(C=NN)c2)C1=O.O=C(O)C(F)(F)F.O=S(=O)(O)c1ccc2ccccc2c1. The predicted octanol–water partition coefficient (Wildman–Crippen LogP) is 3.02. The fourth-order valence-electron chi connectivity index (χ4n) is 3.57. The molecular formula is C25H27F3N4O6S. The van der Waals surface area contributed by atoms with Crippen molar-refractivity contribution < 1.29 is 40.8 Å². The Morgan fingerprint density at radius 1 is 1.13 bits per heavy atom. The summed E-state index contributed by atoms with van der Waals surface area (Å²) in [6, 6.07) is 19.7. The maximum atomic E-state index is 12.0. The van der Waals surface area contributed by atoms with Gasteiger partial charge in [-0.15, -0.1) is 0 Å². The number of carboxylic acid groups (broad SMARTS) is 1. The zero-order chi connectivity index (χ0) is 29.2. The Morgan fingerprint density at radius 3 is 2.31 bits per heavy atom. The van der Waals surface area contributed by atoms with Crippen molar-refractivity contribution in [2.75, 3.05) is 13.6 Å². The quantitative estimate of drug-likeness (QED) is 0.158. The smallest absolute Gasteiger partial charge is 0.475 e. The molecule has 1 fully saturated rings. The molecule has 0 saturated carbocycles. The second-order valence-corrected chi connectivity index (χ2v) is 9.62. The largest absolute Gasteiger partial charge is 0.490 e. The van der Waals surface area contributed by atoms with Crippen LogP contribution >= 0.6 is 0 Å². The minimum Gasteiger partial charge on any atom is -0.475 e. The van der Waals surface area contributed by atoms with E-state index in [0.29, 0.717) is 6.54 Å². The van der Waals surface area contributed by atoms with Crippen LogP contribution in [0.4, 0.5) is 13.2 Å². The van der Waals surface area contributed by atoms with Crippen molar-refractivity contribution in [3.8, 4) is 0 Å². The van der Waals surface area contributed by atoms with E-state index in [9.17, 15) is 26.4 Å². The van der Waals surface area contributed by atoms with Crippen molar-refractivity contribution in [2.45, 2.75) is 30.1 Å². The van der Waals surface area contributed by atoms with Gasteiger partial charge in [0.1, 0.15) is 0 Å². The van der Waals surface area contributed by atoms with Gasteiger partial charge < -0.3 is 21.2 Å². The van der Waals surface area contributed by atoms with Gasteiger partial charge in [-0.2, -0.15) is 26.7 Å². The summed E-state index contributed by atoms with van der Waals surface area (Å²) in [4.78, 5) is 22.7. The molecule has 1 atom stereocenters. The molecule has 0 radical (unpaired) electrons. The summed E-state index contributed by atoms with van der Waals surface area (Å²) >= 11 is 0. The molecule has 0 bridgehead atoms. The molecule has 1 amide bonds. The monoisotopic (exact) mass is 568 g/mol. The topological polar surface area (TPSA) is 162 Å². The number of nitrogens with zero attached hydrogens (tertiary/aromatic N) is 2. The number of carbonyl (C=O) groups excluding carboxylic acids is 1. The number of carbonyl (C=O) groups is 2. The fraction of sp³-hybridized carbons (Fsp3) is 0.240. The van der Waals surface area contributed by atoms with Gasteiger partial charge in [0.05, 0.1) is 17.2 Å². The number of hydrogen-bond acceptors (Lipinski definition) is 7. The minimum absolute atomic E-state index is 0.0289. The van der Waals surface area contributed by atoms with Gasteiger partial charge >= 0.3 is 12.1 Å². The molecule has 1 heterocycles. The Kier molecular flexibility index (Phi) is 11.0. The van der Waals surface area contributed by atoms with Crippen LogP contribution in [0.2, 0.25) is 0 Å². The molecule has 0 unspecified atom stereocenters. The van der Waals surface area contributed by atoms with E-state index < -0.39 is 22.3 Å². The van der Waals surface area contributed by atoms with E-state index in [1.54, 1.807) is 18.3 Å².